The van der Waals surface area contributed by atoms with Gasteiger partial charge in [0.15, 0.2) is 5.78 Å². The Kier molecular flexibility index (Phi) is 1.96. The summed E-state index contributed by atoms with van der Waals surface area (Å²) in [4.78, 5) is 15.7. The Morgan fingerprint density at radius 3 is 2.92 bits per heavy atom. The second-order valence-electron chi connectivity index (χ2n) is 2.56. The van der Waals surface area contributed by atoms with E-state index in [1.807, 2.05) is 24.3 Å². The molecule has 12 heavy (non-hydrogen) atoms. The van der Waals surface area contributed by atoms with E-state index < -0.39 is 0 Å². The molecule has 0 aliphatic carbocycles. The summed E-state index contributed by atoms with van der Waals surface area (Å²) >= 11 is 2.08. The number of Topliss-reactive ketones (excluding diaryl/α,β-unsaturated/α-hetero) is 1. The van der Waals surface area contributed by atoms with Crippen molar-refractivity contribution in [3.05, 3.63) is 29.8 Å². The molecule has 3 heteroatoms. The highest BCUT2D eigenvalue weighted by Crippen LogP contribution is 2.25. The van der Waals surface area contributed by atoms with Crippen molar-refractivity contribution in [1.29, 1.82) is 0 Å². The number of benzene rings is 1. The summed E-state index contributed by atoms with van der Waals surface area (Å²) in [5.74, 6) is 0.154. The van der Waals surface area contributed by atoms with E-state index in [1.165, 1.54) is 0 Å². The fraction of sp³-hybridized carbons (Fsp3) is 0.111. The van der Waals surface area contributed by atoms with Crippen LogP contribution in [-0.4, -0.2) is 15.9 Å². The first-order chi connectivity index (χ1) is 5.79. The SMILES string of the molecule is O=C1c2ccccc2N=CC1I. The standard InChI is InChI=1S/C9H6INO/c10-7-5-11-8-4-2-1-3-6(8)9(7)12/h1-5,7H. The largest absolute Gasteiger partial charge is 0.292 e. The predicted molar refractivity (Wildman–Crippen MR) is 56.7 cm³/mol. The average molecular weight is 271 g/mol. The van der Waals surface area contributed by atoms with Crippen LogP contribution >= 0.6 is 22.6 Å². The van der Waals surface area contributed by atoms with Crippen molar-refractivity contribution in [2.24, 2.45) is 4.99 Å². The number of para-hydroxylation sites is 1. The van der Waals surface area contributed by atoms with E-state index in [0.717, 1.165) is 11.3 Å². The number of ketones is 1. The normalized spacial score (nSPS) is 20.8. The van der Waals surface area contributed by atoms with Gasteiger partial charge in [-0.1, -0.05) is 34.7 Å². The van der Waals surface area contributed by atoms with Crippen LogP contribution in [0.2, 0.25) is 0 Å². The van der Waals surface area contributed by atoms with E-state index in [4.69, 9.17) is 0 Å². The van der Waals surface area contributed by atoms with Crippen LogP contribution in [0.1, 0.15) is 10.4 Å². The molecule has 2 rings (SSSR count). The predicted octanol–water partition coefficient (Wildman–Crippen LogP) is 2.39. The molecule has 1 atom stereocenters. The van der Waals surface area contributed by atoms with E-state index in [2.05, 4.69) is 27.6 Å². The average Bonchev–Trinajstić information content (AvgIpc) is 2.12. The lowest BCUT2D eigenvalue weighted by Gasteiger charge is -2.11. The van der Waals surface area contributed by atoms with Crippen LogP contribution in [0.25, 0.3) is 0 Å². The first-order valence-corrected chi connectivity index (χ1v) is 4.85. The summed E-state index contributed by atoms with van der Waals surface area (Å²) in [5.41, 5.74) is 1.52. The van der Waals surface area contributed by atoms with Crippen molar-refractivity contribution in [3.8, 4) is 0 Å². The number of alkyl halides is 1. The summed E-state index contributed by atoms with van der Waals surface area (Å²) in [6.07, 6.45) is 1.69. The maximum absolute atomic E-state index is 11.5. The first kappa shape index (κ1) is 7.91. The van der Waals surface area contributed by atoms with E-state index in [-0.39, 0.29) is 9.71 Å². The molecule has 0 aromatic heterocycles. The minimum atomic E-state index is -0.0995. The molecule has 1 aliphatic heterocycles. The third kappa shape index (κ3) is 1.18. The Labute approximate surface area is 83.8 Å². The Hall–Kier alpha value is -0.710. The topological polar surface area (TPSA) is 29.4 Å². The van der Waals surface area contributed by atoms with Gasteiger partial charge < -0.3 is 0 Å². The zero-order chi connectivity index (χ0) is 8.55. The van der Waals surface area contributed by atoms with Gasteiger partial charge in [0.1, 0.15) is 3.92 Å². The van der Waals surface area contributed by atoms with Gasteiger partial charge in [0.2, 0.25) is 0 Å². The maximum Gasteiger partial charge on any atom is 0.183 e. The monoisotopic (exact) mass is 271 g/mol. The van der Waals surface area contributed by atoms with Gasteiger partial charge in [-0.15, -0.1) is 0 Å². The Bertz CT molecular complexity index is 359. The zero-order valence-electron chi connectivity index (χ0n) is 6.20. The molecular formula is C9H6INO. The van der Waals surface area contributed by atoms with Crippen molar-refractivity contribution in [2.45, 2.75) is 3.92 Å². The van der Waals surface area contributed by atoms with E-state index >= 15 is 0 Å². The molecule has 1 heterocycles. The van der Waals surface area contributed by atoms with Crippen molar-refractivity contribution >= 4 is 40.3 Å². The van der Waals surface area contributed by atoms with Gasteiger partial charge in [-0.2, -0.15) is 0 Å². The minimum Gasteiger partial charge on any atom is -0.292 e. The van der Waals surface area contributed by atoms with Crippen LogP contribution < -0.4 is 0 Å². The van der Waals surface area contributed by atoms with Crippen molar-refractivity contribution < 1.29 is 4.79 Å². The molecule has 0 spiro atoms. The summed E-state index contributed by atoms with van der Waals surface area (Å²) in [6.45, 7) is 0. The highest BCUT2D eigenvalue weighted by molar-refractivity contribution is 14.1. The van der Waals surface area contributed by atoms with Gasteiger partial charge >= 0.3 is 0 Å². The van der Waals surface area contributed by atoms with E-state index in [1.54, 1.807) is 6.21 Å². The number of hydrogen-bond acceptors (Lipinski definition) is 2. The van der Waals surface area contributed by atoms with Gasteiger partial charge in [-0.3, -0.25) is 9.79 Å². The molecule has 1 aromatic rings. The fourth-order valence-electron chi connectivity index (χ4n) is 1.16. The maximum atomic E-state index is 11.5. The Morgan fingerprint density at radius 2 is 2.08 bits per heavy atom. The number of rotatable bonds is 0. The van der Waals surface area contributed by atoms with Crippen LogP contribution in [0, 0.1) is 0 Å². The van der Waals surface area contributed by atoms with Gasteiger partial charge in [0, 0.05) is 11.8 Å². The molecule has 0 bridgehead atoms. The molecule has 0 amide bonds. The first-order valence-electron chi connectivity index (χ1n) is 3.60. The number of halogens is 1. The summed E-state index contributed by atoms with van der Waals surface area (Å²) in [7, 11) is 0. The number of fused-ring (bicyclic) bond motifs is 1. The molecule has 1 aliphatic rings. The van der Waals surface area contributed by atoms with Crippen LogP contribution in [0.4, 0.5) is 5.69 Å². The second kappa shape index (κ2) is 2.97. The molecule has 0 N–H and O–H groups in total. The van der Waals surface area contributed by atoms with E-state index in [0.29, 0.717) is 0 Å². The number of carbonyl (C=O) groups is 1. The number of nitrogens with zero attached hydrogens (tertiary/aromatic N) is 1. The van der Waals surface area contributed by atoms with Gasteiger partial charge in [-0.05, 0) is 12.1 Å². The molecule has 0 radical (unpaired) electrons. The van der Waals surface area contributed by atoms with Crippen molar-refractivity contribution in [2.75, 3.05) is 0 Å². The number of aliphatic imine (C=N–C) groups is 1. The summed E-state index contributed by atoms with van der Waals surface area (Å²) < 4.78 is -0.0995. The smallest absolute Gasteiger partial charge is 0.183 e. The van der Waals surface area contributed by atoms with Crippen LogP contribution in [0.5, 0.6) is 0 Å². The molecular weight excluding hydrogens is 265 g/mol. The summed E-state index contributed by atoms with van der Waals surface area (Å²) in [5, 5.41) is 0. The van der Waals surface area contributed by atoms with Crippen LogP contribution in [0.15, 0.2) is 29.3 Å². The molecule has 0 fully saturated rings. The zero-order valence-corrected chi connectivity index (χ0v) is 8.36. The van der Waals surface area contributed by atoms with Crippen LogP contribution in [0.3, 0.4) is 0 Å². The molecule has 0 saturated heterocycles. The second-order valence-corrected chi connectivity index (χ2v) is 3.90. The lowest BCUT2D eigenvalue weighted by Crippen LogP contribution is -2.18. The molecule has 1 aromatic carbocycles. The quantitative estimate of drug-likeness (QED) is 0.526. The highest BCUT2D eigenvalue weighted by atomic mass is 127. The van der Waals surface area contributed by atoms with E-state index in [9.17, 15) is 4.79 Å². The molecule has 0 saturated carbocycles. The number of carbonyl (C=O) groups excluding carboxylic acids is 1. The number of hydrogen-bond donors (Lipinski definition) is 0. The lowest BCUT2D eigenvalue weighted by atomic mass is 10.0. The third-order valence-corrected chi connectivity index (χ3v) is 2.65. The Morgan fingerprint density at radius 1 is 1.33 bits per heavy atom. The minimum absolute atomic E-state index is 0.0995. The molecule has 1 unspecified atom stereocenters. The Balaban J connectivity index is 2.59. The molecule has 2 nitrogen and oxygen atoms in total. The molecule has 60 valence electrons. The van der Waals surface area contributed by atoms with Crippen molar-refractivity contribution in [1.82, 2.24) is 0 Å². The fourth-order valence-corrected chi connectivity index (χ4v) is 1.65. The lowest BCUT2D eigenvalue weighted by molar-refractivity contribution is 0.101. The summed E-state index contributed by atoms with van der Waals surface area (Å²) in [6, 6.07) is 7.42. The van der Waals surface area contributed by atoms with Gasteiger partial charge in [0.05, 0.1) is 5.69 Å². The van der Waals surface area contributed by atoms with Crippen molar-refractivity contribution in [3.63, 3.8) is 0 Å². The van der Waals surface area contributed by atoms with Gasteiger partial charge in [0.25, 0.3) is 0 Å². The highest BCUT2D eigenvalue weighted by Gasteiger charge is 2.21. The third-order valence-electron chi connectivity index (χ3n) is 1.76. The van der Waals surface area contributed by atoms with Crippen LogP contribution in [-0.2, 0) is 0 Å². The van der Waals surface area contributed by atoms with Gasteiger partial charge in [-0.25, -0.2) is 0 Å².